The predicted molar refractivity (Wildman–Crippen MR) is 78.8 cm³/mol. The molecule has 0 saturated carbocycles. The summed E-state index contributed by atoms with van der Waals surface area (Å²) in [6.45, 7) is 4.88. The SMILES string of the molecule is CCN1CCC(N(C)C(=O)/C(F)=C/c2ccccc2)C1. The van der Waals surface area contributed by atoms with Gasteiger partial charge < -0.3 is 9.80 Å². The van der Waals surface area contributed by atoms with Crippen molar-refractivity contribution >= 4 is 12.0 Å². The maximum Gasteiger partial charge on any atom is 0.282 e. The molecule has 0 spiro atoms. The number of rotatable bonds is 4. The third-order valence-electron chi connectivity index (χ3n) is 3.86. The van der Waals surface area contributed by atoms with Crippen molar-refractivity contribution in [1.82, 2.24) is 9.80 Å². The number of hydrogen-bond acceptors (Lipinski definition) is 2. The number of hydrogen-bond donors (Lipinski definition) is 0. The molecule has 4 heteroatoms. The number of carbonyl (C=O) groups is 1. The highest BCUT2D eigenvalue weighted by molar-refractivity contribution is 5.95. The van der Waals surface area contributed by atoms with Crippen LogP contribution in [0.2, 0.25) is 0 Å². The second kappa shape index (κ2) is 6.66. The van der Waals surface area contributed by atoms with E-state index in [1.165, 1.54) is 11.0 Å². The maximum atomic E-state index is 14.0. The Kier molecular flexibility index (Phi) is 4.90. The largest absolute Gasteiger partial charge is 0.335 e. The number of halogens is 1. The van der Waals surface area contributed by atoms with E-state index in [0.717, 1.165) is 26.1 Å². The molecule has 0 N–H and O–H groups in total. The zero-order valence-electron chi connectivity index (χ0n) is 12.1. The van der Waals surface area contributed by atoms with Gasteiger partial charge in [-0.1, -0.05) is 37.3 Å². The minimum atomic E-state index is -0.700. The van der Waals surface area contributed by atoms with Crippen LogP contribution in [-0.4, -0.2) is 48.4 Å². The topological polar surface area (TPSA) is 23.6 Å². The summed E-state index contributed by atoms with van der Waals surface area (Å²) in [4.78, 5) is 15.9. The Morgan fingerprint density at radius 2 is 2.15 bits per heavy atom. The highest BCUT2D eigenvalue weighted by atomic mass is 19.1. The summed E-state index contributed by atoms with van der Waals surface area (Å²) in [6.07, 6.45) is 2.21. The van der Waals surface area contributed by atoms with Crippen molar-refractivity contribution in [2.75, 3.05) is 26.7 Å². The Balaban J connectivity index is 2.02. The number of benzene rings is 1. The Morgan fingerprint density at radius 3 is 2.75 bits per heavy atom. The van der Waals surface area contributed by atoms with Gasteiger partial charge in [0.15, 0.2) is 5.83 Å². The fourth-order valence-corrected chi connectivity index (χ4v) is 2.51. The van der Waals surface area contributed by atoms with Crippen LogP contribution >= 0.6 is 0 Å². The fraction of sp³-hybridized carbons (Fsp3) is 0.438. The Hall–Kier alpha value is -1.68. The molecule has 1 aromatic rings. The van der Waals surface area contributed by atoms with E-state index >= 15 is 0 Å². The van der Waals surface area contributed by atoms with Gasteiger partial charge in [0.05, 0.1) is 0 Å². The summed E-state index contributed by atoms with van der Waals surface area (Å²) >= 11 is 0. The van der Waals surface area contributed by atoms with Gasteiger partial charge in [-0.3, -0.25) is 4.79 Å². The smallest absolute Gasteiger partial charge is 0.282 e. The van der Waals surface area contributed by atoms with Crippen molar-refractivity contribution in [3.63, 3.8) is 0 Å². The molecule has 1 amide bonds. The molecular formula is C16H21FN2O. The highest BCUT2D eigenvalue weighted by Gasteiger charge is 2.28. The average molecular weight is 276 g/mol. The number of likely N-dealkylation sites (N-methyl/N-ethyl adjacent to an activating group) is 2. The lowest BCUT2D eigenvalue weighted by molar-refractivity contribution is -0.129. The van der Waals surface area contributed by atoms with E-state index in [1.807, 2.05) is 18.2 Å². The van der Waals surface area contributed by atoms with Crippen LogP contribution in [0.15, 0.2) is 36.2 Å². The molecule has 108 valence electrons. The molecule has 0 aromatic heterocycles. The third kappa shape index (κ3) is 3.45. The summed E-state index contributed by atoms with van der Waals surface area (Å²) in [7, 11) is 1.69. The zero-order chi connectivity index (χ0) is 14.5. The van der Waals surface area contributed by atoms with Gasteiger partial charge in [-0.05, 0) is 24.6 Å². The molecule has 1 unspecified atom stereocenters. The number of amides is 1. The molecule has 20 heavy (non-hydrogen) atoms. The second-order valence-corrected chi connectivity index (χ2v) is 5.15. The number of likely N-dealkylation sites (tertiary alicyclic amines) is 1. The molecular weight excluding hydrogens is 255 g/mol. The normalized spacial score (nSPS) is 20.1. The van der Waals surface area contributed by atoms with Crippen LogP contribution in [-0.2, 0) is 4.79 Å². The third-order valence-corrected chi connectivity index (χ3v) is 3.86. The second-order valence-electron chi connectivity index (χ2n) is 5.15. The lowest BCUT2D eigenvalue weighted by atomic mass is 10.2. The van der Waals surface area contributed by atoms with E-state index < -0.39 is 11.7 Å². The monoisotopic (exact) mass is 276 g/mol. The molecule has 0 bridgehead atoms. The average Bonchev–Trinajstić information content (AvgIpc) is 2.95. The van der Waals surface area contributed by atoms with Crippen molar-refractivity contribution in [3.05, 3.63) is 41.7 Å². The Bertz CT molecular complexity index is 487. The molecule has 1 heterocycles. The van der Waals surface area contributed by atoms with Crippen LogP contribution in [0.25, 0.3) is 6.08 Å². The molecule has 1 aliphatic heterocycles. The first-order chi connectivity index (χ1) is 9.61. The van der Waals surface area contributed by atoms with Gasteiger partial charge in [-0.15, -0.1) is 0 Å². The summed E-state index contributed by atoms with van der Waals surface area (Å²) in [5.74, 6) is -1.23. The van der Waals surface area contributed by atoms with E-state index in [9.17, 15) is 9.18 Å². The maximum absolute atomic E-state index is 14.0. The quantitative estimate of drug-likeness (QED) is 0.789. The van der Waals surface area contributed by atoms with E-state index in [-0.39, 0.29) is 6.04 Å². The number of nitrogens with zero attached hydrogens (tertiary/aromatic N) is 2. The minimum Gasteiger partial charge on any atom is -0.335 e. The van der Waals surface area contributed by atoms with Gasteiger partial charge in [0.25, 0.3) is 5.91 Å². The molecule has 1 fully saturated rings. The molecule has 0 radical (unpaired) electrons. The Morgan fingerprint density at radius 1 is 1.45 bits per heavy atom. The molecule has 1 saturated heterocycles. The van der Waals surface area contributed by atoms with E-state index in [4.69, 9.17) is 0 Å². The van der Waals surface area contributed by atoms with E-state index in [2.05, 4.69) is 11.8 Å². The van der Waals surface area contributed by atoms with Crippen LogP contribution in [0.4, 0.5) is 4.39 Å². The minimum absolute atomic E-state index is 0.109. The van der Waals surface area contributed by atoms with Crippen LogP contribution < -0.4 is 0 Å². The van der Waals surface area contributed by atoms with Gasteiger partial charge in [-0.25, -0.2) is 4.39 Å². The Labute approximate surface area is 119 Å². The van der Waals surface area contributed by atoms with Crippen LogP contribution in [0.3, 0.4) is 0 Å². The number of carbonyl (C=O) groups excluding carboxylic acids is 1. The summed E-state index contributed by atoms with van der Waals surface area (Å²) in [5, 5.41) is 0. The zero-order valence-corrected chi connectivity index (χ0v) is 12.1. The van der Waals surface area contributed by atoms with Crippen molar-refractivity contribution in [2.24, 2.45) is 0 Å². The lowest BCUT2D eigenvalue weighted by Crippen LogP contribution is -2.39. The predicted octanol–water partition coefficient (Wildman–Crippen LogP) is 2.55. The van der Waals surface area contributed by atoms with Gasteiger partial charge in [0.2, 0.25) is 0 Å². The highest BCUT2D eigenvalue weighted by Crippen LogP contribution is 2.17. The standard InChI is InChI=1S/C16H21FN2O/c1-3-19-10-9-14(12-19)18(2)16(20)15(17)11-13-7-5-4-6-8-13/h4-8,11,14H,3,9-10,12H2,1-2H3/b15-11-. The first-order valence-electron chi connectivity index (χ1n) is 7.03. The van der Waals surface area contributed by atoms with E-state index in [0.29, 0.717) is 5.56 Å². The fourth-order valence-electron chi connectivity index (χ4n) is 2.51. The van der Waals surface area contributed by atoms with Gasteiger partial charge in [0.1, 0.15) is 0 Å². The van der Waals surface area contributed by atoms with Crippen molar-refractivity contribution in [2.45, 2.75) is 19.4 Å². The summed E-state index contributed by atoms with van der Waals surface area (Å²) < 4.78 is 14.0. The lowest BCUT2D eigenvalue weighted by Gasteiger charge is -2.24. The first-order valence-corrected chi connectivity index (χ1v) is 7.03. The molecule has 0 aliphatic carbocycles. The summed E-state index contributed by atoms with van der Waals surface area (Å²) in [5.41, 5.74) is 0.702. The first kappa shape index (κ1) is 14.7. The van der Waals surface area contributed by atoms with Gasteiger partial charge in [-0.2, -0.15) is 0 Å². The van der Waals surface area contributed by atoms with E-state index in [1.54, 1.807) is 19.2 Å². The van der Waals surface area contributed by atoms with Crippen molar-refractivity contribution in [3.8, 4) is 0 Å². The van der Waals surface area contributed by atoms with Gasteiger partial charge in [0, 0.05) is 26.2 Å². The molecule has 1 aromatic carbocycles. The molecule has 2 rings (SSSR count). The molecule has 3 nitrogen and oxygen atoms in total. The van der Waals surface area contributed by atoms with Crippen LogP contribution in [0.5, 0.6) is 0 Å². The van der Waals surface area contributed by atoms with Crippen LogP contribution in [0, 0.1) is 0 Å². The molecule has 1 aliphatic rings. The van der Waals surface area contributed by atoms with Crippen molar-refractivity contribution in [1.29, 1.82) is 0 Å². The molecule has 1 atom stereocenters. The summed E-state index contributed by atoms with van der Waals surface area (Å²) in [6, 6.07) is 9.17. The van der Waals surface area contributed by atoms with Crippen molar-refractivity contribution < 1.29 is 9.18 Å². The van der Waals surface area contributed by atoms with Gasteiger partial charge >= 0.3 is 0 Å². The van der Waals surface area contributed by atoms with Crippen LogP contribution in [0.1, 0.15) is 18.9 Å².